The molecule has 1 amide bonds. The maximum absolute atomic E-state index is 13.0. The zero-order chi connectivity index (χ0) is 16.9. The second kappa shape index (κ2) is 10.4. The Hall–Kier alpha value is -1.82. The predicted molar refractivity (Wildman–Crippen MR) is 108 cm³/mol. The molecule has 7 heteroatoms. The van der Waals surface area contributed by atoms with Crippen molar-refractivity contribution in [3.8, 4) is 0 Å². The average Bonchev–Trinajstić information content (AvgIpc) is 2.63. The molecule has 26 heavy (non-hydrogen) atoms. The Morgan fingerprint density at radius 3 is 2.12 bits per heavy atom. The van der Waals surface area contributed by atoms with Crippen molar-refractivity contribution in [1.29, 1.82) is 0 Å². The number of carbonyl (C=O) groups is 1. The summed E-state index contributed by atoms with van der Waals surface area (Å²) in [4.78, 5) is 16.5. The third-order valence-electron chi connectivity index (χ3n) is 4.40. The Bertz CT molecular complexity index is 677. The van der Waals surface area contributed by atoms with Crippen LogP contribution in [-0.2, 0) is 11.2 Å². The van der Waals surface area contributed by atoms with Gasteiger partial charge in [-0.25, -0.2) is 4.39 Å². The summed E-state index contributed by atoms with van der Waals surface area (Å²) >= 11 is 0. The van der Waals surface area contributed by atoms with Crippen molar-refractivity contribution in [2.75, 3.05) is 31.1 Å². The third-order valence-corrected chi connectivity index (χ3v) is 4.40. The highest BCUT2D eigenvalue weighted by atomic mass is 35.5. The van der Waals surface area contributed by atoms with Gasteiger partial charge in [-0.1, -0.05) is 30.3 Å². The van der Waals surface area contributed by atoms with Crippen molar-refractivity contribution in [2.45, 2.75) is 12.5 Å². The van der Waals surface area contributed by atoms with E-state index >= 15 is 0 Å². The molecule has 0 saturated carbocycles. The number of nitrogens with zero attached hydrogens (tertiary/aromatic N) is 2. The summed E-state index contributed by atoms with van der Waals surface area (Å²) in [6.45, 7) is 2.74. The molecule has 2 N–H and O–H groups in total. The van der Waals surface area contributed by atoms with Gasteiger partial charge in [-0.05, 0) is 36.2 Å². The minimum absolute atomic E-state index is 0. The summed E-state index contributed by atoms with van der Waals surface area (Å²) < 4.78 is 13.0. The van der Waals surface area contributed by atoms with Crippen LogP contribution in [0.5, 0.6) is 0 Å². The van der Waals surface area contributed by atoms with Crippen LogP contribution in [0.1, 0.15) is 5.56 Å². The molecule has 0 spiro atoms. The minimum atomic E-state index is -0.509. The molecule has 4 nitrogen and oxygen atoms in total. The highest BCUT2D eigenvalue weighted by Gasteiger charge is 2.25. The normalized spacial score (nSPS) is 14.8. The van der Waals surface area contributed by atoms with Gasteiger partial charge in [0, 0.05) is 31.9 Å². The SMILES string of the molecule is Cl.Cl.N[C@@H](Cc1ccccc1)C(=O)N1CCN(c2ccc(F)cc2)CC1. The summed E-state index contributed by atoms with van der Waals surface area (Å²) in [6.07, 6.45) is 0.553. The number of rotatable bonds is 4. The molecule has 0 bridgehead atoms. The summed E-state index contributed by atoms with van der Waals surface area (Å²) in [5, 5.41) is 0. The minimum Gasteiger partial charge on any atom is -0.368 e. The molecule has 1 saturated heterocycles. The van der Waals surface area contributed by atoms with Crippen LogP contribution in [0.15, 0.2) is 54.6 Å². The molecule has 2 aromatic rings. The standard InChI is InChI=1S/C19H22FN3O.2ClH/c20-16-6-8-17(9-7-16)22-10-12-23(13-11-22)19(24)18(21)14-15-4-2-1-3-5-15;;/h1-9,18H,10-14,21H2;2*1H/t18-;;/m0../s1. The number of benzene rings is 2. The molecule has 3 rings (SSSR count). The molecular formula is C19H24Cl2FN3O. The van der Waals surface area contributed by atoms with Crippen molar-refractivity contribution in [2.24, 2.45) is 5.73 Å². The van der Waals surface area contributed by atoms with Crippen LogP contribution < -0.4 is 10.6 Å². The number of amides is 1. The fourth-order valence-electron chi connectivity index (χ4n) is 3.03. The molecule has 1 aliphatic rings. The zero-order valence-corrected chi connectivity index (χ0v) is 16.0. The fraction of sp³-hybridized carbons (Fsp3) is 0.316. The monoisotopic (exact) mass is 399 g/mol. The Balaban J connectivity index is 0.00000169. The van der Waals surface area contributed by atoms with E-state index < -0.39 is 6.04 Å². The van der Waals surface area contributed by atoms with Crippen LogP contribution in [0.3, 0.4) is 0 Å². The first kappa shape index (κ1) is 22.2. The molecule has 1 aliphatic heterocycles. The first-order valence-corrected chi connectivity index (χ1v) is 8.22. The van der Waals surface area contributed by atoms with Gasteiger partial charge in [0.25, 0.3) is 0 Å². The maximum atomic E-state index is 13.0. The van der Waals surface area contributed by atoms with Gasteiger partial charge in [-0.2, -0.15) is 0 Å². The maximum Gasteiger partial charge on any atom is 0.239 e. The summed E-state index contributed by atoms with van der Waals surface area (Å²) in [5.74, 6) is -0.239. The molecule has 1 atom stereocenters. The van der Waals surface area contributed by atoms with E-state index in [1.54, 1.807) is 12.1 Å². The lowest BCUT2D eigenvalue weighted by Gasteiger charge is -2.37. The van der Waals surface area contributed by atoms with Crippen molar-refractivity contribution >= 4 is 36.4 Å². The molecule has 142 valence electrons. The van der Waals surface area contributed by atoms with Gasteiger partial charge in [0.05, 0.1) is 6.04 Å². The van der Waals surface area contributed by atoms with E-state index in [4.69, 9.17) is 5.73 Å². The number of hydrogen-bond donors (Lipinski definition) is 1. The smallest absolute Gasteiger partial charge is 0.239 e. The fourth-order valence-corrected chi connectivity index (χ4v) is 3.03. The van der Waals surface area contributed by atoms with E-state index in [-0.39, 0.29) is 36.5 Å². The molecule has 0 radical (unpaired) electrons. The largest absolute Gasteiger partial charge is 0.368 e. The Kier molecular flexibility index (Phi) is 8.85. The van der Waals surface area contributed by atoms with Crippen molar-refractivity contribution < 1.29 is 9.18 Å². The van der Waals surface area contributed by atoms with Crippen molar-refractivity contribution in [3.63, 3.8) is 0 Å². The number of piperazine rings is 1. The van der Waals surface area contributed by atoms with Crippen LogP contribution >= 0.6 is 24.8 Å². The van der Waals surface area contributed by atoms with Gasteiger partial charge in [-0.15, -0.1) is 24.8 Å². The van der Waals surface area contributed by atoms with E-state index in [0.717, 1.165) is 24.3 Å². The third kappa shape index (κ3) is 5.59. The number of hydrogen-bond acceptors (Lipinski definition) is 3. The van der Waals surface area contributed by atoms with E-state index in [2.05, 4.69) is 4.90 Å². The zero-order valence-electron chi connectivity index (χ0n) is 14.4. The van der Waals surface area contributed by atoms with E-state index in [1.807, 2.05) is 35.2 Å². The van der Waals surface area contributed by atoms with Crippen LogP contribution in [0.25, 0.3) is 0 Å². The number of carbonyl (C=O) groups excluding carboxylic acids is 1. The van der Waals surface area contributed by atoms with Gasteiger partial charge in [-0.3, -0.25) is 4.79 Å². The van der Waals surface area contributed by atoms with Gasteiger partial charge in [0.2, 0.25) is 5.91 Å². The van der Waals surface area contributed by atoms with Crippen molar-refractivity contribution in [3.05, 3.63) is 66.0 Å². The molecule has 0 aromatic heterocycles. The van der Waals surface area contributed by atoms with E-state index in [1.165, 1.54) is 12.1 Å². The second-order valence-corrected chi connectivity index (χ2v) is 6.08. The Morgan fingerprint density at radius 1 is 0.962 bits per heavy atom. The second-order valence-electron chi connectivity index (χ2n) is 6.08. The molecule has 0 unspecified atom stereocenters. The lowest BCUT2D eigenvalue weighted by Crippen LogP contribution is -2.53. The highest BCUT2D eigenvalue weighted by Crippen LogP contribution is 2.17. The summed E-state index contributed by atoms with van der Waals surface area (Å²) in [5.41, 5.74) is 8.15. The highest BCUT2D eigenvalue weighted by molar-refractivity contribution is 5.85. The predicted octanol–water partition coefficient (Wildman–Crippen LogP) is 2.89. The van der Waals surface area contributed by atoms with Gasteiger partial charge in [0.15, 0.2) is 0 Å². The van der Waals surface area contributed by atoms with E-state index in [9.17, 15) is 9.18 Å². The van der Waals surface area contributed by atoms with Gasteiger partial charge >= 0.3 is 0 Å². The summed E-state index contributed by atoms with van der Waals surface area (Å²) in [6, 6.07) is 15.8. The first-order chi connectivity index (χ1) is 11.6. The molecular weight excluding hydrogens is 376 g/mol. The van der Waals surface area contributed by atoms with Crippen LogP contribution in [-0.4, -0.2) is 43.0 Å². The lowest BCUT2D eigenvalue weighted by atomic mass is 10.1. The number of nitrogens with two attached hydrogens (primary N) is 1. The van der Waals surface area contributed by atoms with E-state index in [0.29, 0.717) is 19.5 Å². The lowest BCUT2D eigenvalue weighted by molar-refractivity contribution is -0.132. The van der Waals surface area contributed by atoms with Gasteiger partial charge in [0.1, 0.15) is 5.82 Å². The topological polar surface area (TPSA) is 49.6 Å². The summed E-state index contributed by atoms with van der Waals surface area (Å²) in [7, 11) is 0. The average molecular weight is 400 g/mol. The van der Waals surface area contributed by atoms with Gasteiger partial charge < -0.3 is 15.5 Å². The number of halogens is 3. The Labute approximate surface area is 166 Å². The van der Waals surface area contributed by atoms with Crippen LogP contribution in [0.4, 0.5) is 10.1 Å². The van der Waals surface area contributed by atoms with Crippen LogP contribution in [0, 0.1) is 5.82 Å². The number of anilines is 1. The van der Waals surface area contributed by atoms with Crippen LogP contribution in [0.2, 0.25) is 0 Å². The Morgan fingerprint density at radius 2 is 1.54 bits per heavy atom. The first-order valence-electron chi connectivity index (χ1n) is 8.22. The molecule has 0 aliphatic carbocycles. The quantitative estimate of drug-likeness (QED) is 0.859. The van der Waals surface area contributed by atoms with Crippen molar-refractivity contribution in [1.82, 2.24) is 4.90 Å². The molecule has 1 fully saturated rings. The molecule has 1 heterocycles. The molecule has 2 aromatic carbocycles.